The number of rotatable bonds is 29. The summed E-state index contributed by atoms with van der Waals surface area (Å²) in [7, 11) is 3.00. The lowest BCUT2D eigenvalue weighted by Crippen LogP contribution is -2.46. The van der Waals surface area contributed by atoms with Gasteiger partial charge in [0.25, 0.3) is 0 Å². The van der Waals surface area contributed by atoms with E-state index in [1.807, 2.05) is 18.2 Å². The third-order valence-electron chi connectivity index (χ3n) is 8.09. The molecule has 0 aliphatic heterocycles. The van der Waals surface area contributed by atoms with Crippen LogP contribution >= 0.6 is 21.6 Å². The number of carbonyl (C=O) groups excluding carboxylic acids is 2. The Balaban J connectivity index is 1.56. The molecule has 23 heteroatoms. The summed E-state index contributed by atoms with van der Waals surface area (Å²) in [5.41, 5.74) is -0.251. The lowest BCUT2D eigenvalue weighted by Gasteiger charge is -2.29. The quantitative estimate of drug-likeness (QED) is 0.0271. The molecule has 3 rings (SSSR count). The molecule has 0 saturated carbocycles. The fourth-order valence-electron chi connectivity index (χ4n) is 5.50. The summed E-state index contributed by atoms with van der Waals surface area (Å²) in [5, 5.41) is 53.3. The van der Waals surface area contributed by atoms with Gasteiger partial charge in [0, 0.05) is 80.5 Å². The molecule has 2 amide bonds. The molecule has 0 spiro atoms. The number of nitrogens with zero attached hydrogens (tertiary/aromatic N) is 5. The first-order valence-electron chi connectivity index (χ1n) is 17.9. The number of hydrogen-bond donors (Lipinski definition) is 7. The monoisotopic (exact) mass is 863 g/mol. The third kappa shape index (κ3) is 19.6. The highest BCUT2D eigenvalue weighted by atomic mass is 33.1. The van der Waals surface area contributed by atoms with E-state index in [4.69, 9.17) is 14.6 Å². The Morgan fingerprint density at radius 2 is 1.17 bits per heavy atom. The molecule has 0 atom stereocenters. The van der Waals surface area contributed by atoms with Gasteiger partial charge in [-0.2, -0.15) is 0 Å². The molecule has 59 heavy (non-hydrogen) atoms. The van der Waals surface area contributed by atoms with Crippen LogP contribution in [0.4, 0.5) is 5.69 Å². The number of hydrogen-bond acceptors (Lipinski definition) is 16. The van der Waals surface area contributed by atoms with Crippen molar-refractivity contribution >= 4 is 79.9 Å². The fourth-order valence-corrected chi connectivity index (χ4v) is 7.28. The number of nitrogens with one attached hydrogen (secondary N) is 2. The van der Waals surface area contributed by atoms with Gasteiger partial charge in [-0.05, 0) is 41.1 Å². The van der Waals surface area contributed by atoms with Crippen LogP contribution in [0.5, 0.6) is 0 Å². The number of amides is 2. The highest BCUT2D eigenvalue weighted by molar-refractivity contribution is 8.76. The topological polar surface area (TPSA) is 301 Å². The molecule has 21 nitrogen and oxygen atoms in total. The molecule has 7 N–H and O–H groups in total. The molecule has 0 bridgehead atoms. The predicted molar refractivity (Wildman–Crippen MR) is 214 cm³/mol. The standard InChI is InChI=1S/C36H45N7O14S2/c44-28(37-7-14-58-59-30-3-1-2-6-38-30)16-25-15-24-4-5-26(17-27(24)57-36(25)56)39-29(45)18-42(21-33(50)51)12-10-40(19-31(46)47)8-9-41(20-32(48)49)11-13-43(22-34(52)53)23-35(54)55/h1-6,15,17H,7-14,16,18-23H2,(H,37,44)(H,39,45)(H,46,47)(H,48,49)(H,50,51)(H,52,53)(H,54,55). The molecule has 0 unspecified atom stereocenters. The normalized spacial score (nSPS) is 11.3. The Bertz CT molecular complexity index is 1970. The van der Waals surface area contributed by atoms with Crippen molar-refractivity contribution in [3.05, 3.63) is 64.6 Å². The minimum atomic E-state index is -1.28. The highest BCUT2D eigenvalue weighted by Crippen LogP contribution is 2.28. The Hall–Kier alpha value is -5.59. The first kappa shape index (κ1) is 47.8. The van der Waals surface area contributed by atoms with E-state index in [9.17, 15) is 53.7 Å². The van der Waals surface area contributed by atoms with Gasteiger partial charge in [-0.1, -0.05) is 16.9 Å². The summed E-state index contributed by atoms with van der Waals surface area (Å²) < 4.78 is 5.43. The van der Waals surface area contributed by atoms with Crippen molar-refractivity contribution in [2.75, 3.05) is 96.2 Å². The van der Waals surface area contributed by atoms with Crippen LogP contribution in [-0.4, -0.2) is 183 Å². The Morgan fingerprint density at radius 3 is 1.69 bits per heavy atom. The second-order valence-corrected chi connectivity index (χ2v) is 15.3. The summed E-state index contributed by atoms with van der Waals surface area (Å²) in [6.45, 7) is -3.22. The van der Waals surface area contributed by atoms with Crippen molar-refractivity contribution < 1.29 is 63.5 Å². The van der Waals surface area contributed by atoms with Crippen LogP contribution in [0.15, 0.2) is 62.9 Å². The van der Waals surface area contributed by atoms with Gasteiger partial charge in [-0.15, -0.1) is 0 Å². The molecule has 0 aliphatic rings. The van der Waals surface area contributed by atoms with Crippen LogP contribution in [0.3, 0.4) is 0 Å². The molecule has 0 aliphatic carbocycles. The lowest BCUT2D eigenvalue weighted by atomic mass is 10.1. The summed E-state index contributed by atoms with van der Waals surface area (Å²) in [6.07, 6.45) is 1.48. The molecular weight excluding hydrogens is 819 g/mol. The number of fused-ring (bicyclic) bond motifs is 1. The lowest BCUT2D eigenvalue weighted by molar-refractivity contribution is -0.143. The molecule has 3 aromatic rings. The number of carbonyl (C=O) groups is 7. The average Bonchev–Trinajstić information content (AvgIpc) is 3.14. The van der Waals surface area contributed by atoms with E-state index in [2.05, 4.69) is 15.6 Å². The fraction of sp³-hybridized carbons (Fsp3) is 0.417. The van der Waals surface area contributed by atoms with Crippen molar-refractivity contribution in [3.63, 3.8) is 0 Å². The Labute approximate surface area is 344 Å². The van der Waals surface area contributed by atoms with E-state index in [1.54, 1.807) is 12.3 Å². The summed E-state index contributed by atoms with van der Waals surface area (Å²) in [6, 6.07) is 11.6. The van der Waals surface area contributed by atoms with E-state index in [-0.39, 0.29) is 68.4 Å². The van der Waals surface area contributed by atoms with Crippen molar-refractivity contribution in [1.82, 2.24) is 29.9 Å². The molecule has 320 valence electrons. The highest BCUT2D eigenvalue weighted by Gasteiger charge is 2.21. The average molecular weight is 864 g/mol. The molecule has 2 aromatic heterocycles. The van der Waals surface area contributed by atoms with Gasteiger partial charge in [0.2, 0.25) is 11.8 Å². The number of pyridine rings is 1. The number of aromatic nitrogens is 1. The minimum absolute atomic E-state index is 0.0217. The largest absolute Gasteiger partial charge is 0.480 e. The van der Waals surface area contributed by atoms with Gasteiger partial charge >= 0.3 is 35.5 Å². The zero-order valence-electron chi connectivity index (χ0n) is 31.7. The van der Waals surface area contributed by atoms with Crippen LogP contribution in [0.2, 0.25) is 0 Å². The Kier molecular flexibility index (Phi) is 20.3. The zero-order chi connectivity index (χ0) is 43.3. The molecule has 0 saturated heterocycles. The molecular formula is C36H45N7O14S2. The van der Waals surface area contributed by atoms with E-state index >= 15 is 0 Å². The van der Waals surface area contributed by atoms with Gasteiger partial charge in [0.1, 0.15) is 10.6 Å². The van der Waals surface area contributed by atoms with Crippen LogP contribution < -0.4 is 16.3 Å². The van der Waals surface area contributed by atoms with E-state index in [0.717, 1.165) is 9.93 Å². The van der Waals surface area contributed by atoms with Crippen LogP contribution in [0.1, 0.15) is 5.56 Å². The van der Waals surface area contributed by atoms with E-state index in [0.29, 0.717) is 17.7 Å². The van der Waals surface area contributed by atoms with E-state index in [1.165, 1.54) is 54.5 Å². The Morgan fingerprint density at radius 1 is 0.644 bits per heavy atom. The second kappa shape index (κ2) is 25.0. The van der Waals surface area contributed by atoms with Gasteiger partial charge in [-0.3, -0.25) is 53.2 Å². The molecule has 1 aromatic carbocycles. The zero-order valence-corrected chi connectivity index (χ0v) is 33.3. The number of carboxylic acid groups (broad SMARTS) is 5. The smallest absolute Gasteiger partial charge is 0.339 e. The van der Waals surface area contributed by atoms with Crippen LogP contribution in [0, 0.1) is 0 Å². The summed E-state index contributed by atoms with van der Waals surface area (Å²) >= 11 is 0. The third-order valence-corrected chi connectivity index (χ3v) is 10.4. The number of benzene rings is 1. The first-order chi connectivity index (χ1) is 28.1. The summed E-state index contributed by atoms with van der Waals surface area (Å²) in [5.74, 6) is -6.67. The van der Waals surface area contributed by atoms with Crippen LogP contribution in [-0.2, 0) is 40.0 Å². The van der Waals surface area contributed by atoms with Crippen molar-refractivity contribution in [2.45, 2.75) is 11.4 Å². The van der Waals surface area contributed by atoms with Crippen molar-refractivity contribution in [3.8, 4) is 0 Å². The maximum atomic E-state index is 13.0. The SMILES string of the molecule is O=C(O)CN(CCN(CCN(CC(=O)O)CC(=O)Nc1ccc2cc(CC(=O)NCCSSc3ccccn3)c(=O)oc2c1)CC(=O)O)CCN(CC(=O)O)CC(=O)O. The molecule has 0 radical (unpaired) electrons. The number of aliphatic carboxylic acids is 5. The van der Waals surface area contributed by atoms with Crippen molar-refractivity contribution in [2.24, 2.45) is 0 Å². The van der Waals surface area contributed by atoms with Crippen molar-refractivity contribution in [1.29, 1.82) is 0 Å². The number of anilines is 1. The second-order valence-electron chi connectivity index (χ2n) is 12.9. The van der Waals surface area contributed by atoms with Crippen LogP contribution in [0.25, 0.3) is 11.0 Å². The maximum Gasteiger partial charge on any atom is 0.339 e. The van der Waals surface area contributed by atoms with Gasteiger partial charge in [0.05, 0.1) is 45.7 Å². The number of carboxylic acids is 5. The van der Waals surface area contributed by atoms with E-state index < -0.39 is 80.6 Å². The summed E-state index contributed by atoms with van der Waals surface area (Å²) in [4.78, 5) is 105. The molecule has 2 heterocycles. The molecule has 0 fully saturated rings. The first-order valence-corrected chi connectivity index (χ1v) is 20.2. The maximum absolute atomic E-state index is 13.0. The van der Waals surface area contributed by atoms with Gasteiger partial charge < -0.3 is 40.6 Å². The predicted octanol–water partition coefficient (Wildman–Crippen LogP) is -0.143. The van der Waals surface area contributed by atoms with Gasteiger partial charge in [-0.25, -0.2) is 9.78 Å². The minimum Gasteiger partial charge on any atom is -0.480 e. The van der Waals surface area contributed by atoms with Gasteiger partial charge in [0.15, 0.2) is 0 Å².